The Labute approximate surface area is 175 Å². The Morgan fingerprint density at radius 2 is 1.13 bits per heavy atom. The number of nitriles is 1. The maximum Gasteiger partial charge on any atom is 0.189 e. The summed E-state index contributed by atoms with van der Waals surface area (Å²) in [7, 11) is 0. The van der Waals surface area contributed by atoms with E-state index in [0.717, 1.165) is 34.1 Å². The van der Waals surface area contributed by atoms with Gasteiger partial charge in [-0.3, -0.25) is 0 Å². The third kappa shape index (κ3) is 2.76. The zero-order valence-electron chi connectivity index (χ0n) is 16.0. The summed E-state index contributed by atoms with van der Waals surface area (Å²) in [6.07, 6.45) is 0. The van der Waals surface area contributed by atoms with Crippen LogP contribution in [-0.2, 0) is 0 Å². The van der Waals surface area contributed by atoms with Crippen LogP contribution in [0.2, 0.25) is 0 Å². The molecule has 0 fully saturated rings. The Morgan fingerprint density at radius 1 is 0.633 bits per heavy atom. The number of benzene rings is 4. The molecule has 0 saturated carbocycles. The Hall–Kier alpha value is -4.54. The second-order valence-electron chi connectivity index (χ2n) is 6.94. The van der Waals surface area contributed by atoms with Crippen LogP contribution in [0.5, 0.6) is 0 Å². The van der Waals surface area contributed by atoms with Gasteiger partial charge in [0.05, 0.1) is 41.0 Å². The van der Waals surface area contributed by atoms with Crippen molar-refractivity contribution in [3.05, 3.63) is 114 Å². The van der Waals surface area contributed by atoms with Gasteiger partial charge in [0.25, 0.3) is 0 Å². The molecular weight excluding hydrogens is 368 g/mol. The predicted molar refractivity (Wildman–Crippen MR) is 120 cm³/mol. The van der Waals surface area contributed by atoms with Gasteiger partial charge in [0.15, 0.2) is 5.69 Å². The van der Waals surface area contributed by atoms with Gasteiger partial charge in [-0.2, -0.15) is 5.26 Å². The molecule has 4 aromatic rings. The fourth-order valence-corrected chi connectivity index (χ4v) is 3.92. The van der Waals surface area contributed by atoms with Gasteiger partial charge in [0.1, 0.15) is 0 Å². The topological polar surface area (TPSA) is 34.6 Å². The van der Waals surface area contributed by atoms with E-state index in [4.69, 9.17) is 6.57 Å². The van der Waals surface area contributed by atoms with E-state index in [1.807, 2.05) is 72.8 Å². The molecule has 4 nitrogen and oxygen atoms in total. The van der Waals surface area contributed by atoms with Crippen molar-refractivity contribution in [1.82, 2.24) is 0 Å². The molecule has 140 valence electrons. The van der Waals surface area contributed by atoms with E-state index in [-0.39, 0.29) is 0 Å². The number of hydrogen-bond acceptors (Lipinski definition) is 3. The van der Waals surface area contributed by atoms with Gasteiger partial charge < -0.3 is 9.80 Å². The van der Waals surface area contributed by atoms with Crippen molar-refractivity contribution >= 4 is 39.8 Å². The van der Waals surface area contributed by atoms with Crippen molar-refractivity contribution in [2.75, 3.05) is 9.80 Å². The summed E-state index contributed by atoms with van der Waals surface area (Å²) in [5.74, 6) is 0. The third-order valence-electron chi connectivity index (χ3n) is 5.18. The summed E-state index contributed by atoms with van der Waals surface area (Å²) in [5.41, 5.74) is 7.15. The Bertz CT molecular complexity index is 1190. The number of para-hydroxylation sites is 4. The van der Waals surface area contributed by atoms with Crippen molar-refractivity contribution < 1.29 is 0 Å². The van der Waals surface area contributed by atoms with E-state index in [2.05, 4.69) is 45.0 Å². The first-order valence-electron chi connectivity index (χ1n) is 9.56. The molecule has 4 aromatic carbocycles. The monoisotopic (exact) mass is 384 g/mol. The maximum atomic E-state index is 9.39. The first kappa shape index (κ1) is 17.6. The van der Waals surface area contributed by atoms with Crippen LogP contribution in [0.15, 0.2) is 97.1 Å². The molecule has 1 aliphatic heterocycles. The Kier molecular flexibility index (Phi) is 4.17. The fourth-order valence-electron chi connectivity index (χ4n) is 3.92. The van der Waals surface area contributed by atoms with E-state index >= 15 is 0 Å². The summed E-state index contributed by atoms with van der Waals surface area (Å²) >= 11 is 0. The van der Waals surface area contributed by atoms with Crippen molar-refractivity contribution in [2.24, 2.45) is 0 Å². The molecule has 0 amide bonds. The summed E-state index contributed by atoms with van der Waals surface area (Å²) < 4.78 is 0. The second-order valence-corrected chi connectivity index (χ2v) is 6.94. The van der Waals surface area contributed by atoms with Crippen LogP contribution in [0, 0.1) is 17.9 Å². The fraction of sp³-hybridized carbons (Fsp3) is 0. The minimum Gasteiger partial charge on any atom is -0.308 e. The molecule has 0 aliphatic carbocycles. The average molecular weight is 384 g/mol. The zero-order chi connectivity index (χ0) is 20.5. The maximum absolute atomic E-state index is 9.39. The standard InChI is InChI=1S/C26H16N4/c1-28-20-9-7-11-22(17-20)30-25-14-4-2-12-23(25)29(24-13-3-5-15-26(24)30)21-10-6-8-19(16-21)18-27/h2-17H. The van der Waals surface area contributed by atoms with Crippen molar-refractivity contribution in [2.45, 2.75) is 0 Å². The largest absolute Gasteiger partial charge is 0.308 e. The Morgan fingerprint density at radius 3 is 1.63 bits per heavy atom. The smallest absolute Gasteiger partial charge is 0.189 e. The number of anilines is 6. The quantitative estimate of drug-likeness (QED) is 0.298. The number of fused-ring (bicyclic) bond motifs is 2. The predicted octanol–water partition coefficient (Wildman–Crippen LogP) is 7.36. The van der Waals surface area contributed by atoms with Gasteiger partial charge in [-0.05, 0) is 54.6 Å². The minimum absolute atomic E-state index is 0.603. The van der Waals surface area contributed by atoms with Crippen LogP contribution in [0.1, 0.15) is 5.56 Å². The second kappa shape index (κ2) is 7.13. The van der Waals surface area contributed by atoms with Gasteiger partial charge in [0, 0.05) is 11.4 Å². The highest BCUT2D eigenvalue weighted by molar-refractivity contribution is 6.01. The average Bonchev–Trinajstić information content (AvgIpc) is 2.82. The van der Waals surface area contributed by atoms with Gasteiger partial charge in [-0.1, -0.05) is 42.5 Å². The molecule has 0 atom stereocenters. The lowest BCUT2D eigenvalue weighted by molar-refractivity contribution is 1.17. The van der Waals surface area contributed by atoms with Crippen molar-refractivity contribution in [3.63, 3.8) is 0 Å². The molecule has 5 rings (SSSR count). The van der Waals surface area contributed by atoms with Gasteiger partial charge in [-0.15, -0.1) is 0 Å². The van der Waals surface area contributed by atoms with E-state index in [1.165, 1.54) is 0 Å². The lowest BCUT2D eigenvalue weighted by atomic mass is 10.0. The summed E-state index contributed by atoms with van der Waals surface area (Å²) in [6.45, 7) is 7.40. The zero-order valence-corrected chi connectivity index (χ0v) is 16.0. The molecule has 1 heterocycles. The molecule has 0 bridgehead atoms. The molecule has 1 aliphatic rings. The SMILES string of the molecule is [C-]#[N+]c1cccc(N2c3ccccc3N(c3cccc(C#N)c3)c3ccccc32)c1. The summed E-state index contributed by atoms with van der Waals surface area (Å²) in [4.78, 5) is 7.97. The molecule has 30 heavy (non-hydrogen) atoms. The van der Waals surface area contributed by atoms with Crippen LogP contribution >= 0.6 is 0 Å². The lowest BCUT2D eigenvalue weighted by Gasteiger charge is -2.40. The summed E-state index contributed by atoms with van der Waals surface area (Å²) in [6, 6.07) is 33.9. The molecule has 4 heteroatoms. The van der Waals surface area contributed by atoms with Gasteiger partial charge >= 0.3 is 0 Å². The number of rotatable bonds is 2. The first-order valence-corrected chi connectivity index (χ1v) is 9.56. The van der Waals surface area contributed by atoms with E-state index in [9.17, 15) is 5.26 Å². The van der Waals surface area contributed by atoms with Crippen molar-refractivity contribution in [1.29, 1.82) is 5.26 Å². The molecule has 0 N–H and O–H groups in total. The molecule has 0 unspecified atom stereocenters. The van der Waals surface area contributed by atoms with E-state index < -0.39 is 0 Å². The minimum atomic E-state index is 0.603. The summed E-state index contributed by atoms with van der Waals surface area (Å²) in [5, 5.41) is 9.39. The van der Waals surface area contributed by atoms with E-state index in [1.54, 1.807) is 0 Å². The van der Waals surface area contributed by atoms with Crippen LogP contribution < -0.4 is 9.80 Å². The van der Waals surface area contributed by atoms with Crippen molar-refractivity contribution in [3.8, 4) is 6.07 Å². The normalized spacial score (nSPS) is 11.8. The number of nitrogens with zero attached hydrogens (tertiary/aromatic N) is 4. The molecule has 0 aromatic heterocycles. The first-order chi connectivity index (χ1) is 14.8. The van der Waals surface area contributed by atoms with Crippen LogP contribution in [0.25, 0.3) is 4.85 Å². The molecular formula is C26H16N4. The highest BCUT2D eigenvalue weighted by Gasteiger charge is 2.30. The van der Waals surface area contributed by atoms with Gasteiger partial charge in [-0.25, -0.2) is 4.85 Å². The molecule has 0 saturated heterocycles. The van der Waals surface area contributed by atoms with Crippen LogP contribution in [0.4, 0.5) is 39.8 Å². The Balaban J connectivity index is 1.78. The van der Waals surface area contributed by atoms with Crippen LogP contribution in [-0.4, -0.2) is 0 Å². The van der Waals surface area contributed by atoms with E-state index in [0.29, 0.717) is 11.3 Å². The molecule has 0 spiro atoms. The highest BCUT2D eigenvalue weighted by Crippen LogP contribution is 2.54. The third-order valence-corrected chi connectivity index (χ3v) is 5.18. The highest BCUT2D eigenvalue weighted by atomic mass is 15.3. The van der Waals surface area contributed by atoms with Crippen LogP contribution in [0.3, 0.4) is 0 Å². The molecule has 0 radical (unpaired) electrons. The van der Waals surface area contributed by atoms with Gasteiger partial charge in [0.2, 0.25) is 0 Å². The number of hydrogen-bond donors (Lipinski definition) is 0. The lowest BCUT2D eigenvalue weighted by Crippen LogP contribution is -2.23.